The number of benzene rings is 1. The Morgan fingerprint density at radius 1 is 1.39 bits per heavy atom. The molecule has 1 amide bonds. The average Bonchev–Trinajstić information content (AvgIpc) is 2.48. The fourth-order valence-electron chi connectivity index (χ4n) is 2.94. The zero-order chi connectivity index (χ0) is 17.1. The Morgan fingerprint density at radius 2 is 2.04 bits per heavy atom. The monoisotopic (exact) mass is 336 g/mol. The minimum atomic E-state index is -3.42. The van der Waals surface area contributed by atoms with Crippen LogP contribution in [0, 0.1) is 5.41 Å². The lowest BCUT2D eigenvalue weighted by atomic mass is 9.79. The number of amides is 1. The van der Waals surface area contributed by atoms with Crippen LogP contribution in [0.2, 0.25) is 0 Å². The fraction of sp³-hybridized carbons (Fsp3) is 0.471. The van der Waals surface area contributed by atoms with Crippen molar-refractivity contribution in [2.24, 2.45) is 5.41 Å². The van der Waals surface area contributed by atoms with E-state index in [4.69, 9.17) is 0 Å². The highest BCUT2D eigenvalue weighted by molar-refractivity contribution is 7.88. The van der Waals surface area contributed by atoms with Crippen LogP contribution in [-0.2, 0) is 20.6 Å². The molecule has 1 saturated heterocycles. The van der Waals surface area contributed by atoms with Crippen LogP contribution in [0.4, 0.5) is 0 Å². The van der Waals surface area contributed by atoms with Crippen molar-refractivity contribution in [1.82, 2.24) is 9.62 Å². The van der Waals surface area contributed by atoms with Crippen molar-refractivity contribution in [2.45, 2.75) is 32.1 Å². The van der Waals surface area contributed by atoms with Gasteiger partial charge in [0.15, 0.2) is 0 Å². The molecule has 23 heavy (non-hydrogen) atoms. The Labute approximate surface area is 138 Å². The first-order valence-electron chi connectivity index (χ1n) is 7.69. The largest absolute Gasteiger partial charge is 0.339 e. The number of likely N-dealkylation sites (tertiary alicyclic amines) is 1. The molecule has 1 atom stereocenters. The molecule has 1 heterocycles. The van der Waals surface area contributed by atoms with Crippen LogP contribution in [0.1, 0.15) is 25.8 Å². The molecule has 1 N–H and O–H groups in total. The summed E-state index contributed by atoms with van der Waals surface area (Å²) in [5.41, 5.74) is 0.429. The summed E-state index contributed by atoms with van der Waals surface area (Å²) in [6.07, 6.45) is 1.90. The molecule has 1 aromatic carbocycles. The van der Waals surface area contributed by atoms with Gasteiger partial charge < -0.3 is 4.90 Å². The number of sulfonamides is 1. The Kier molecular flexibility index (Phi) is 5.26. The van der Waals surface area contributed by atoms with E-state index < -0.39 is 10.0 Å². The number of hydrogen-bond acceptors (Lipinski definition) is 3. The molecule has 126 valence electrons. The molecular formula is C17H24N2O3S. The number of nitrogens with one attached hydrogen (secondary N) is 1. The minimum absolute atomic E-state index is 0.0320. The van der Waals surface area contributed by atoms with Crippen LogP contribution in [0.25, 0.3) is 0 Å². The number of rotatable bonds is 5. The van der Waals surface area contributed by atoms with E-state index >= 15 is 0 Å². The Balaban J connectivity index is 2.05. The van der Waals surface area contributed by atoms with Gasteiger partial charge in [0, 0.05) is 19.1 Å². The smallest absolute Gasteiger partial charge is 0.245 e. The van der Waals surface area contributed by atoms with Gasteiger partial charge in [0.1, 0.15) is 0 Å². The van der Waals surface area contributed by atoms with E-state index in [0.29, 0.717) is 19.5 Å². The normalized spacial score (nSPS) is 21.0. The summed E-state index contributed by atoms with van der Waals surface area (Å²) in [5, 5.41) is 0. The van der Waals surface area contributed by atoms with E-state index in [0.717, 1.165) is 5.56 Å². The van der Waals surface area contributed by atoms with Crippen LogP contribution in [0.15, 0.2) is 43.0 Å². The second kappa shape index (κ2) is 6.84. The van der Waals surface area contributed by atoms with Gasteiger partial charge in [-0.05, 0) is 23.5 Å². The van der Waals surface area contributed by atoms with Crippen molar-refractivity contribution in [3.63, 3.8) is 0 Å². The summed E-state index contributed by atoms with van der Waals surface area (Å²) in [5.74, 6) is -0.140. The summed E-state index contributed by atoms with van der Waals surface area (Å²) in [4.78, 5) is 13.5. The molecule has 1 aliphatic heterocycles. The zero-order valence-electron chi connectivity index (χ0n) is 13.7. The molecule has 5 nitrogen and oxygen atoms in total. The number of hydrogen-bond donors (Lipinski definition) is 1. The number of carbonyl (C=O) groups is 1. The predicted octanol–water partition coefficient (Wildman–Crippen LogP) is 1.92. The van der Waals surface area contributed by atoms with Crippen LogP contribution >= 0.6 is 0 Å². The first kappa shape index (κ1) is 17.7. The van der Waals surface area contributed by atoms with Crippen molar-refractivity contribution in [3.8, 4) is 0 Å². The van der Waals surface area contributed by atoms with Gasteiger partial charge in [-0.25, -0.2) is 13.1 Å². The third kappa shape index (κ3) is 4.65. The third-order valence-electron chi connectivity index (χ3n) is 4.24. The maximum Gasteiger partial charge on any atom is 0.245 e. The van der Waals surface area contributed by atoms with E-state index in [9.17, 15) is 13.2 Å². The van der Waals surface area contributed by atoms with E-state index in [2.05, 4.69) is 11.3 Å². The fourth-order valence-corrected chi connectivity index (χ4v) is 4.53. The first-order valence-corrected chi connectivity index (χ1v) is 9.34. The molecule has 0 bridgehead atoms. The second-order valence-corrected chi connectivity index (χ2v) is 8.41. The van der Waals surface area contributed by atoms with E-state index in [-0.39, 0.29) is 23.1 Å². The van der Waals surface area contributed by atoms with Crippen molar-refractivity contribution < 1.29 is 13.2 Å². The molecule has 1 aliphatic rings. The van der Waals surface area contributed by atoms with E-state index in [1.807, 2.05) is 32.0 Å². The van der Waals surface area contributed by atoms with Gasteiger partial charge in [-0.3, -0.25) is 4.79 Å². The highest BCUT2D eigenvalue weighted by Crippen LogP contribution is 2.30. The molecule has 6 heteroatoms. The molecule has 0 aliphatic carbocycles. The quantitative estimate of drug-likeness (QED) is 0.836. The summed E-state index contributed by atoms with van der Waals surface area (Å²) < 4.78 is 27.7. The van der Waals surface area contributed by atoms with E-state index in [1.54, 1.807) is 17.0 Å². The van der Waals surface area contributed by atoms with E-state index in [1.165, 1.54) is 6.08 Å². The third-order valence-corrected chi connectivity index (χ3v) is 5.59. The molecule has 0 spiro atoms. The summed E-state index contributed by atoms with van der Waals surface area (Å²) in [6, 6.07) is 8.93. The summed E-state index contributed by atoms with van der Waals surface area (Å²) >= 11 is 0. The summed E-state index contributed by atoms with van der Waals surface area (Å²) in [6.45, 7) is 8.51. The molecule has 0 aromatic heterocycles. The highest BCUT2D eigenvalue weighted by Gasteiger charge is 2.38. The van der Waals surface area contributed by atoms with Gasteiger partial charge in [-0.1, -0.05) is 50.8 Å². The topological polar surface area (TPSA) is 66.5 Å². The van der Waals surface area contributed by atoms with Gasteiger partial charge in [-0.2, -0.15) is 0 Å². The SMILES string of the molecule is C=CC(=O)N1CCC(NS(=O)(=O)Cc2ccccc2)C(C)(C)C1. The second-order valence-electron chi connectivity index (χ2n) is 6.66. The van der Waals surface area contributed by atoms with Crippen molar-refractivity contribution >= 4 is 15.9 Å². The molecule has 1 unspecified atom stereocenters. The lowest BCUT2D eigenvalue weighted by Gasteiger charge is -2.44. The zero-order valence-corrected chi connectivity index (χ0v) is 14.5. The Bertz CT molecular complexity index is 668. The Morgan fingerprint density at radius 3 is 2.61 bits per heavy atom. The van der Waals surface area contributed by atoms with Crippen LogP contribution in [-0.4, -0.2) is 38.4 Å². The number of piperidine rings is 1. The first-order chi connectivity index (χ1) is 10.7. The maximum absolute atomic E-state index is 12.4. The Hall–Kier alpha value is -1.66. The molecule has 2 rings (SSSR count). The van der Waals surface area contributed by atoms with Crippen molar-refractivity contribution in [2.75, 3.05) is 13.1 Å². The van der Waals surface area contributed by atoms with Crippen LogP contribution < -0.4 is 4.72 Å². The average molecular weight is 336 g/mol. The van der Waals surface area contributed by atoms with Gasteiger partial charge in [-0.15, -0.1) is 0 Å². The lowest BCUT2D eigenvalue weighted by Crippen LogP contribution is -2.56. The number of carbonyl (C=O) groups excluding carboxylic acids is 1. The molecule has 1 fully saturated rings. The van der Waals surface area contributed by atoms with Gasteiger partial charge in [0.2, 0.25) is 15.9 Å². The van der Waals surface area contributed by atoms with Gasteiger partial charge in [0.05, 0.1) is 5.75 Å². The molecule has 1 aromatic rings. The standard InChI is InChI=1S/C17H24N2O3S/c1-4-16(20)19-11-10-15(17(2,3)13-19)18-23(21,22)12-14-8-6-5-7-9-14/h4-9,15,18H,1,10-13H2,2-3H3. The lowest BCUT2D eigenvalue weighted by molar-refractivity contribution is -0.129. The summed E-state index contributed by atoms with van der Waals surface area (Å²) in [7, 11) is -3.42. The predicted molar refractivity (Wildman–Crippen MR) is 91.2 cm³/mol. The molecular weight excluding hydrogens is 312 g/mol. The number of nitrogens with zero attached hydrogens (tertiary/aromatic N) is 1. The van der Waals surface area contributed by atoms with Crippen molar-refractivity contribution in [3.05, 3.63) is 48.6 Å². The van der Waals surface area contributed by atoms with Gasteiger partial charge in [0.25, 0.3) is 0 Å². The highest BCUT2D eigenvalue weighted by atomic mass is 32.2. The molecule has 0 saturated carbocycles. The van der Waals surface area contributed by atoms with Crippen LogP contribution in [0.3, 0.4) is 0 Å². The maximum atomic E-state index is 12.4. The minimum Gasteiger partial charge on any atom is -0.339 e. The van der Waals surface area contributed by atoms with Gasteiger partial charge >= 0.3 is 0 Å². The molecule has 0 radical (unpaired) electrons. The van der Waals surface area contributed by atoms with Crippen LogP contribution in [0.5, 0.6) is 0 Å². The van der Waals surface area contributed by atoms with Crippen molar-refractivity contribution in [1.29, 1.82) is 0 Å².